The molecule has 1 saturated carbocycles. The summed E-state index contributed by atoms with van der Waals surface area (Å²) in [6.45, 7) is 1.93. The van der Waals surface area contributed by atoms with Crippen molar-refractivity contribution in [2.45, 2.75) is 32.1 Å². The molecule has 6 nitrogen and oxygen atoms in total. The zero-order valence-corrected chi connectivity index (χ0v) is 15.8. The Hall–Kier alpha value is -1.92. The van der Waals surface area contributed by atoms with E-state index in [1.54, 1.807) is 37.3 Å². The number of carbonyl (C=O) groups is 2. The Bertz CT molecular complexity index is 577. The van der Waals surface area contributed by atoms with Crippen LogP contribution in [0.1, 0.15) is 42.5 Å². The highest BCUT2D eigenvalue weighted by Gasteiger charge is 2.21. The van der Waals surface area contributed by atoms with Gasteiger partial charge in [-0.25, -0.2) is 0 Å². The van der Waals surface area contributed by atoms with Crippen molar-refractivity contribution in [3.8, 4) is 0 Å². The largest absolute Gasteiger partial charge is 0.383 e. The van der Waals surface area contributed by atoms with Gasteiger partial charge in [-0.05, 0) is 31.0 Å². The Labute approximate surface area is 155 Å². The molecule has 1 aliphatic rings. The first-order chi connectivity index (χ1) is 12.7. The number of carbonyl (C=O) groups excluding carboxylic acids is 2. The summed E-state index contributed by atoms with van der Waals surface area (Å²) in [7, 11) is 3.22. The molecule has 1 aliphatic carbocycles. The van der Waals surface area contributed by atoms with Crippen LogP contribution in [0.2, 0.25) is 0 Å². The maximum Gasteiger partial charge on any atom is 0.254 e. The van der Waals surface area contributed by atoms with Crippen LogP contribution in [-0.4, -0.2) is 57.2 Å². The summed E-state index contributed by atoms with van der Waals surface area (Å²) in [5.74, 6) is 0.0563. The maximum absolute atomic E-state index is 12.8. The molecule has 2 rings (SSSR count). The van der Waals surface area contributed by atoms with E-state index in [4.69, 9.17) is 9.47 Å². The van der Waals surface area contributed by atoms with Gasteiger partial charge in [0.2, 0.25) is 5.91 Å². The normalized spacial score (nSPS) is 14.8. The molecule has 0 heterocycles. The van der Waals surface area contributed by atoms with Crippen LogP contribution in [-0.2, 0) is 14.3 Å². The van der Waals surface area contributed by atoms with Crippen molar-refractivity contribution in [2.75, 3.05) is 45.8 Å². The number of nitrogens with one attached hydrogen (secondary N) is 1. The van der Waals surface area contributed by atoms with E-state index in [9.17, 15) is 9.59 Å². The number of hydrogen-bond donors (Lipinski definition) is 1. The highest BCUT2D eigenvalue weighted by molar-refractivity contribution is 5.97. The molecule has 0 bridgehead atoms. The SMILES string of the molecule is COCCN(CCOC)C(=O)c1cccc(NC(=O)C2CCCCC2)c1. The number of rotatable bonds is 9. The maximum atomic E-state index is 12.8. The highest BCUT2D eigenvalue weighted by atomic mass is 16.5. The fourth-order valence-corrected chi connectivity index (χ4v) is 3.24. The Morgan fingerprint density at radius 2 is 1.73 bits per heavy atom. The van der Waals surface area contributed by atoms with Crippen LogP contribution < -0.4 is 5.32 Å². The number of methoxy groups -OCH3 is 2. The number of hydrogen-bond acceptors (Lipinski definition) is 4. The minimum Gasteiger partial charge on any atom is -0.383 e. The third-order valence-electron chi connectivity index (χ3n) is 4.77. The van der Waals surface area contributed by atoms with E-state index < -0.39 is 0 Å². The molecule has 6 heteroatoms. The molecule has 26 heavy (non-hydrogen) atoms. The summed E-state index contributed by atoms with van der Waals surface area (Å²) in [5, 5.41) is 2.97. The first-order valence-corrected chi connectivity index (χ1v) is 9.33. The van der Waals surface area contributed by atoms with Crippen molar-refractivity contribution in [1.82, 2.24) is 4.90 Å². The van der Waals surface area contributed by atoms with E-state index in [1.165, 1.54) is 6.42 Å². The summed E-state index contributed by atoms with van der Waals surface area (Å²) in [6.07, 6.45) is 5.35. The fraction of sp³-hybridized carbons (Fsp3) is 0.600. The minimum atomic E-state index is -0.0899. The summed E-state index contributed by atoms with van der Waals surface area (Å²) in [4.78, 5) is 26.9. The lowest BCUT2D eigenvalue weighted by Crippen LogP contribution is -2.36. The van der Waals surface area contributed by atoms with Crippen LogP contribution in [0.5, 0.6) is 0 Å². The molecule has 144 valence electrons. The van der Waals surface area contributed by atoms with Gasteiger partial charge in [0, 0.05) is 44.5 Å². The van der Waals surface area contributed by atoms with E-state index in [1.807, 2.05) is 6.07 Å². The zero-order chi connectivity index (χ0) is 18.8. The number of anilines is 1. The van der Waals surface area contributed by atoms with E-state index in [2.05, 4.69) is 5.32 Å². The van der Waals surface area contributed by atoms with Crippen molar-refractivity contribution >= 4 is 17.5 Å². The van der Waals surface area contributed by atoms with Gasteiger partial charge in [0.1, 0.15) is 0 Å². The van der Waals surface area contributed by atoms with Gasteiger partial charge in [0.25, 0.3) is 5.91 Å². The van der Waals surface area contributed by atoms with Gasteiger partial charge in [0.15, 0.2) is 0 Å². The second kappa shape index (κ2) is 10.9. The molecule has 0 atom stereocenters. The van der Waals surface area contributed by atoms with Gasteiger partial charge in [-0.2, -0.15) is 0 Å². The Morgan fingerprint density at radius 1 is 1.08 bits per heavy atom. The van der Waals surface area contributed by atoms with Gasteiger partial charge in [-0.1, -0.05) is 25.3 Å². The molecule has 0 saturated heterocycles. The van der Waals surface area contributed by atoms with Gasteiger partial charge in [0.05, 0.1) is 13.2 Å². The Kier molecular flexibility index (Phi) is 8.58. The summed E-state index contributed by atoms with van der Waals surface area (Å²) < 4.78 is 10.2. The molecule has 0 spiro atoms. The predicted molar refractivity (Wildman–Crippen MR) is 101 cm³/mol. The molecular formula is C20H30N2O4. The van der Waals surface area contributed by atoms with Crippen molar-refractivity contribution < 1.29 is 19.1 Å². The van der Waals surface area contributed by atoms with Crippen molar-refractivity contribution in [3.05, 3.63) is 29.8 Å². The van der Waals surface area contributed by atoms with Gasteiger partial charge in [-0.15, -0.1) is 0 Å². The summed E-state index contributed by atoms with van der Waals surface area (Å²) in [6, 6.07) is 7.14. The van der Waals surface area contributed by atoms with Crippen LogP contribution >= 0.6 is 0 Å². The summed E-state index contributed by atoms with van der Waals surface area (Å²) in [5.41, 5.74) is 1.23. The molecule has 1 fully saturated rings. The van der Waals surface area contributed by atoms with Crippen LogP contribution in [0.4, 0.5) is 5.69 Å². The van der Waals surface area contributed by atoms with E-state index in [0.717, 1.165) is 25.7 Å². The zero-order valence-electron chi connectivity index (χ0n) is 15.8. The second-order valence-electron chi connectivity index (χ2n) is 6.68. The molecule has 0 aliphatic heterocycles. The standard InChI is InChI=1S/C20H30N2O4/c1-25-13-11-22(12-14-26-2)20(24)17-9-6-10-18(15-17)21-19(23)16-7-4-3-5-8-16/h6,9-10,15-16H,3-5,7-8,11-14H2,1-2H3,(H,21,23). The lowest BCUT2D eigenvalue weighted by molar-refractivity contribution is -0.120. The van der Waals surface area contributed by atoms with Crippen molar-refractivity contribution in [2.24, 2.45) is 5.92 Å². The fourth-order valence-electron chi connectivity index (χ4n) is 3.24. The third kappa shape index (κ3) is 6.11. The van der Waals surface area contributed by atoms with E-state index >= 15 is 0 Å². The Morgan fingerprint density at radius 3 is 2.35 bits per heavy atom. The predicted octanol–water partition coefficient (Wildman–Crippen LogP) is 2.94. The smallest absolute Gasteiger partial charge is 0.254 e. The molecule has 1 N–H and O–H groups in total. The molecule has 2 amide bonds. The molecule has 0 aromatic heterocycles. The van der Waals surface area contributed by atoms with Gasteiger partial charge < -0.3 is 19.7 Å². The van der Waals surface area contributed by atoms with Crippen LogP contribution in [0.25, 0.3) is 0 Å². The van der Waals surface area contributed by atoms with Crippen LogP contribution in [0, 0.1) is 5.92 Å². The van der Waals surface area contributed by atoms with Crippen molar-refractivity contribution in [3.63, 3.8) is 0 Å². The molecular weight excluding hydrogens is 332 g/mol. The second-order valence-corrected chi connectivity index (χ2v) is 6.68. The number of ether oxygens (including phenoxy) is 2. The van der Waals surface area contributed by atoms with Gasteiger partial charge >= 0.3 is 0 Å². The first kappa shape index (κ1) is 20.4. The molecule has 1 aromatic carbocycles. The van der Waals surface area contributed by atoms with Crippen LogP contribution in [0.3, 0.4) is 0 Å². The van der Waals surface area contributed by atoms with Crippen molar-refractivity contribution in [1.29, 1.82) is 0 Å². The number of amides is 2. The minimum absolute atomic E-state index is 0.0601. The van der Waals surface area contributed by atoms with Gasteiger partial charge in [-0.3, -0.25) is 9.59 Å². The van der Waals surface area contributed by atoms with E-state index in [0.29, 0.717) is 37.6 Å². The lowest BCUT2D eigenvalue weighted by Gasteiger charge is -2.23. The highest BCUT2D eigenvalue weighted by Crippen LogP contribution is 2.25. The third-order valence-corrected chi connectivity index (χ3v) is 4.77. The average Bonchev–Trinajstić information content (AvgIpc) is 2.68. The number of nitrogens with zero attached hydrogens (tertiary/aromatic N) is 1. The summed E-state index contributed by atoms with van der Waals surface area (Å²) >= 11 is 0. The monoisotopic (exact) mass is 362 g/mol. The first-order valence-electron chi connectivity index (χ1n) is 9.33. The average molecular weight is 362 g/mol. The lowest BCUT2D eigenvalue weighted by atomic mass is 9.88. The topological polar surface area (TPSA) is 67.9 Å². The quantitative estimate of drug-likeness (QED) is 0.733. The van der Waals surface area contributed by atoms with E-state index in [-0.39, 0.29) is 17.7 Å². The van der Waals surface area contributed by atoms with Crippen LogP contribution in [0.15, 0.2) is 24.3 Å². The number of benzene rings is 1. The Balaban J connectivity index is 2.03. The molecule has 0 unspecified atom stereocenters. The molecule has 1 aromatic rings. The molecule has 0 radical (unpaired) electrons.